The highest BCUT2D eigenvalue weighted by Crippen LogP contribution is 2.37. The van der Waals surface area contributed by atoms with Gasteiger partial charge < -0.3 is 34.3 Å². The number of nitrogens with one attached hydrogen (secondary N) is 2. The molecule has 0 aliphatic rings. The molecule has 7 aromatic heterocycles. The fraction of sp³-hybridized carbons (Fsp3) is 0.412. The molecule has 0 aliphatic carbocycles. The molecule has 23 heteroatoms. The summed E-state index contributed by atoms with van der Waals surface area (Å²) >= 11 is 6.82. The van der Waals surface area contributed by atoms with Gasteiger partial charge in [0.05, 0.1) is 77.6 Å². The Balaban J connectivity index is 0.000000158. The number of aromatic nitrogens is 10. The van der Waals surface area contributed by atoms with E-state index in [-0.39, 0.29) is 50.5 Å². The molecule has 19 nitrogen and oxygen atoms in total. The standard InChI is InChI=1S/C15H21N3OS.C14H16N4S.C14H19N3OS.C14H18N2OS.C12H16N2.C11H13NO/c1-15(2,3)13-17-11-7-6-10(8-12(11)20-13)9-16-14(19)18(4)5;1-9-15-8-18(17-9)10-5-6-11-12(7-10)19-13(16-11)14(2,3)4;1-14(2,3)12-16-10-7-6-9(8-11(10)19-12)15-13(18)17(4)5;1-14(2,3)13-15-10-7-6-9(8-11(10)18-13)12(17)16(4)5;1-12(2,3)11-13-9-7-5-6-8-10(9)14(11)4;1-11(2,3)10-12-8-6-4-5-7-9(8)13-10/h6-8H,9H2,1-5H3,(H,16,19);5-8H,1-4H3;6-8H,1-5H3,(H,15,18);6-8H,1-5H3;5-8H,1-4H3;4-7H,1-3H3. The van der Waals surface area contributed by atoms with E-state index in [1.807, 2.05) is 97.9 Å². The number of para-hydroxylation sites is 4. The summed E-state index contributed by atoms with van der Waals surface area (Å²) in [5.74, 6) is 2.75. The Bertz CT molecular complexity index is 5040. The van der Waals surface area contributed by atoms with E-state index in [2.05, 4.69) is 212 Å². The van der Waals surface area contributed by atoms with Crippen molar-refractivity contribution < 1.29 is 18.8 Å². The largest absolute Gasteiger partial charge is 0.440 e. The van der Waals surface area contributed by atoms with Crippen LogP contribution in [-0.2, 0) is 46.1 Å². The Morgan fingerprint density at radius 2 is 0.932 bits per heavy atom. The van der Waals surface area contributed by atoms with Gasteiger partial charge in [-0.25, -0.2) is 49.2 Å². The lowest BCUT2D eigenvalue weighted by molar-refractivity contribution is 0.0827. The number of carbonyl (C=O) groups excluding carboxylic acids is 3. The molecule has 7 heterocycles. The summed E-state index contributed by atoms with van der Waals surface area (Å²) in [6, 6.07) is 39.8. The van der Waals surface area contributed by atoms with Crippen LogP contribution in [0.4, 0.5) is 15.3 Å². The number of nitrogens with zero attached hydrogens (tertiary/aromatic N) is 13. The maximum absolute atomic E-state index is 11.9. The minimum Gasteiger partial charge on any atom is -0.440 e. The normalized spacial score (nSPS) is 11.9. The summed E-state index contributed by atoms with van der Waals surface area (Å²) in [5.41, 5.74) is 12.1. The monoisotopic (exact) mass is 1470 g/mol. The number of anilines is 1. The Kier molecular flexibility index (Phi) is 24.7. The molecule has 0 saturated heterocycles. The first-order chi connectivity index (χ1) is 47.8. The third-order valence-electron chi connectivity index (χ3n) is 15.6. The molecular weight excluding hydrogens is 1360 g/mol. The van der Waals surface area contributed by atoms with Gasteiger partial charge in [0.25, 0.3) is 5.91 Å². The zero-order chi connectivity index (χ0) is 76.1. The van der Waals surface area contributed by atoms with Gasteiger partial charge in [0.15, 0.2) is 5.58 Å². The smallest absolute Gasteiger partial charge is 0.321 e. The Hall–Kier alpha value is -9.03. The number of imidazole rings is 1. The van der Waals surface area contributed by atoms with Crippen LogP contribution in [-0.4, -0.2) is 124 Å². The first kappa shape index (κ1) is 79.7. The van der Waals surface area contributed by atoms with Crippen molar-refractivity contribution in [2.24, 2.45) is 7.05 Å². The van der Waals surface area contributed by atoms with Crippen LogP contribution >= 0.6 is 45.3 Å². The summed E-state index contributed by atoms with van der Waals surface area (Å²) in [7, 11) is 12.5. The summed E-state index contributed by atoms with van der Waals surface area (Å²) < 4.78 is 14.1. The first-order valence-corrected chi connectivity index (χ1v) is 37.6. The number of thiazole rings is 4. The number of hydrogen-bond donors (Lipinski definition) is 2. The number of amides is 5. The molecule has 0 bridgehead atoms. The van der Waals surface area contributed by atoms with Gasteiger partial charge in [0.2, 0.25) is 5.89 Å². The summed E-state index contributed by atoms with van der Waals surface area (Å²) in [6.45, 7) is 41.3. The lowest BCUT2D eigenvalue weighted by Gasteiger charge is -2.17. The van der Waals surface area contributed by atoms with E-state index in [0.29, 0.717) is 6.54 Å². The average molecular weight is 1470 g/mol. The SMILES string of the molecule is CC(C)(C)c1nc2ccccc2o1.CN(C)C(=O)NCc1ccc2nc(C(C)(C)C)sc2c1.CN(C)C(=O)Nc1ccc2nc(C(C)(C)C)sc2c1.CN(C)C(=O)c1ccc2nc(C(C)(C)C)sc2c1.Cc1ncn(-c2ccc3nc(C(C)(C)C)sc3c2)n1.Cn1c(C(C)(C)C)nc2ccccc21. The van der Waals surface area contributed by atoms with Crippen molar-refractivity contribution in [1.82, 2.24) is 69.3 Å². The number of carbonyl (C=O) groups is 3. The molecule has 0 spiro atoms. The number of hydrogen-bond acceptors (Lipinski definition) is 16. The number of benzene rings is 6. The van der Waals surface area contributed by atoms with Crippen LogP contribution in [0.2, 0.25) is 0 Å². The summed E-state index contributed by atoms with van der Waals surface area (Å²) in [6.07, 6.45) is 1.74. The second kappa shape index (κ2) is 31.9. The van der Waals surface area contributed by atoms with Gasteiger partial charge in [0, 0.05) is 99.6 Å². The fourth-order valence-electron chi connectivity index (χ4n) is 9.79. The van der Waals surface area contributed by atoms with Crippen molar-refractivity contribution in [3.8, 4) is 5.69 Å². The zero-order valence-electron chi connectivity index (χ0n) is 64.9. The van der Waals surface area contributed by atoms with Gasteiger partial charge >= 0.3 is 12.1 Å². The van der Waals surface area contributed by atoms with E-state index < -0.39 is 0 Å². The number of fused-ring (bicyclic) bond motifs is 6. The molecule has 0 saturated carbocycles. The van der Waals surface area contributed by atoms with Crippen LogP contribution < -0.4 is 10.6 Å². The van der Waals surface area contributed by atoms with E-state index in [1.165, 1.54) is 24.7 Å². The lowest BCUT2D eigenvalue weighted by Crippen LogP contribution is -2.33. The van der Waals surface area contributed by atoms with Crippen LogP contribution in [0.15, 0.2) is 132 Å². The highest BCUT2D eigenvalue weighted by atomic mass is 32.1. The van der Waals surface area contributed by atoms with Crippen LogP contribution in [0.5, 0.6) is 0 Å². The Morgan fingerprint density at radius 1 is 0.466 bits per heavy atom. The number of aryl methyl sites for hydroxylation is 2. The quantitative estimate of drug-likeness (QED) is 0.165. The second-order valence-electron chi connectivity index (χ2n) is 32.2. The number of oxazole rings is 1. The number of rotatable bonds is 5. The molecule has 0 fully saturated rings. The fourth-order valence-corrected chi connectivity index (χ4v) is 14.1. The lowest BCUT2D eigenvalue weighted by atomic mass is 9.96. The van der Waals surface area contributed by atoms with E-state index in [4.69, 9.17) is 9.40 Å². The molecule has 0 unspecified atom stereocenters. The molecule has 0 atom stereocenters. The van der Waals surface area contributed by atoms with Gasteiger partial charge in [-0.05, 0) is 103 Å². The summed E-state index contributed by atoms with van der Waals surface area (Å²) in [4.78, 5) is 71.5. The molecule has 0 radical (unpaired) electrons. The maximum atomic E-state index is 11.9. The van der Waals surface area contributed by atoms with Gasteiger partial charge in [-0.1, -0.05) is 155 Å². The third kappa shape index (κ3) is 21.1. The van der Waals surface area contributed by atoms with Gasteiger partial charge in [-0.3, -0.25) is 4.79 Å². The molecular formula is C80H103N15O4S4. The van der Waals surface area contributed by atoms with E-state index in [9.17, 15) is 14.4 Å². The van der Waals surface area contributed by atoms with Crippen molar-refractivity contribution in [3.63, 3.8) is 0 Å². The van der Waals surface area contributed by atoms with Crippen LogP contribution in [0.25, 0.3) is 68.7 Å². The average Bonchev–Trinajstić information content (AvgIpc) is 1.66. The molecule has 13 aromatic rings. The first-order valence-electron chi connectivity index (χ1n) is 34.3. The molecule has 0 aliphatic heterocycles. The molecule has 103 heavy (non-hydrogen) atoms. The Labute approximate surface area is 623 Å². The van der Waals surface area contributed by atoms with E-state index in [0.717, 1.165) is 108 Å². The van der Waals surface area contributed by atoms with Crippen molar-refractivity contribution in [3.05, 3.63) is 176 Å². The van der Waals surface area contributed by atoms with Gasteiger partial charge in [-0.2, -0.15) is 5.10 Å². The van der Waals surface area contributed by atoms with Gasteiger partial charge in [0.1, 0.15) is 23.5 Å². The molecule has 13 rings (SSSR count). The van der Waals surface area contributed by atoms with Crippen LogP contribution in [0.3, 0.4) is 0 Å². The third-order valence-corrected chi connectivity index (χ3v) is 21.4. The highest BCUT2D eigenvalue weighted by Gasteiger charge is 2.25. The van der Waals surface area contributed by atoms with E-state index >= 15 is 0 Å². The Morgan fingerprint density at radius 3 is 1.40 bits per heavy atom. The van der Waals surface area contributed by atoms with Crippen molar-refractivity contribution in [2.75, 3.05) is 47.6 Å². The maximum Gasteiger partial charge on any atom is 0.321 e. The number of urea groups is 2. The minimum atomic E-state index is -0.125. The predicted octanol–water partition coefficient (Wildman–Crippen LogP) is 19.8. The zero-order valence-corrected chi connectivity index (χ0v) is 68.2. The van der Waals surface area contributed by atoms with Crippen LogP contribution in [0.1, 0.15) is 178 Å². The summed E-state index contributed by atoms with van der Waals surface area (Å²) in [5, 5.41) is 14.6. The molecule has 2 N–H and O–H groups in total. The van der Waals surface area contributed by atoms with Gasteiger partial charge in [-0.15, -0.1) is 45.3 Å². The topological polar surface area (TPSA) is 211 Å². The predicted molar refractivity (Wildman–Crippen MR) is 432 cm³/mol. The van der Waals surface area contributed by atoms with Crippen molar-refractivity contribution in [2.45, 2.75) is 171 Å². The second-order valence-corrected chi connectivity index (χ2v) is 36.3. The van der Waals surface area contributed by atoms with Crippen LogP contribution in [0, 0.1) is 6.92 Å². The minimum absolute atomic E-state index is 0.0149. The molecule has 6 aromatic carbocycles. The van der Waals surface area contributed by atoms with Crippen molar-refractivity contribution >= 4 is 132 Å². The highest BCUT2D eigenvalue weighted by molar-refractivity contribution is 7.19. The van der Waals surface area contributed by atoms with Crippen molar-refractivity contribution in [1.29, 1.82) is 0 Å². The molecule has 5 amide bonds. The van der Waals surface area contributed by atoms with E-state index in [1.54, 1.807) is 104 Å². The molecule has 546 valence electrons.